The van der Waals surface area contributed by atoms with Crippen LogP contribution in [0.2, 0.25) is 5.02 Å². The maximum Gasteiger partial charge on any atom is 0.335 e. The van der Waals surface area contributed by atoms with Crippen molar-refractivity contribution in [2.45, 2.75) is 11.8 Å². The minimum absolute atomic E-state index is 0.00801. The van der Waals surface area contributed by atoms with Gasteiger partial charge in [-0.05, 0) is 31.8 Å². The molecule has 0 radical (unpaired) electrons. The van der Waals surface area contributed by atoms with E-state index in [-0.39, 0.29) is 22.0 Å². The lowest BCUT2D eigenvalue weighted by molar-refractivity contribution is 0.0696. The first-order valence-corrected chi connectivity index (χ1v) is 7.85. The number of carboxylic acid groups (broad SMARTS) is 1. The largest absolute Gasteiger partial charge is 0.478 e. The van der Waals surface area contributed by atoms with Gasteiger partial charge in [0.2, 0.25) is 10.0 Å². The van der Waals surface area contributed by atoms with Crippen LogP contribution in [0.3, 0.4) is 0 Å². The lowest BCUT2D eigenvalue weighted by atomic mass is 10.2. The Kier molecular flexibility index (Phi) is 5.94. The summed E-state index contributed by atoms with van der Waals surface area (Å²) in [5, 5.41) is 8.87. The van der Waals surface area contributed by atoms with Crippen LogP contribution in [0.4, 0.5) is 0 Å². The molecular weight excluding hydrogens is 304 g/mol. The summed E-state index contributed by atoms with van der Waals surface area (Å²) in [6, 6.07) is 3.57. The number of hydrogen-bond donors (Lipinski definition) is 2. The molecule has 0 amide bonds. The Bertz CT molecular complexity index is 589. The van der Waals surface area contributed by atoms with Crippen molar-refractivity contribution in [2.24, 2.45) is 0 Å². The van der Waals surface area contributed by atoms with E-state index < -0.39 is 16.0 Å². The van der Waals surface area contributed by atoms with Crippen LogP contribution in [0.15, 0.2) is 23.1 Å². The molecule has 0 saturated carbocycles. The third-order valence-electron chi connectivity index (χ3n) is 2.79. The lowest BCUT2D eigenvalue weighted by Crippen LogP contribution is -2.33. The highest BCUT2D eigenvalue weighted by atomic mass is 35.5. The molecule has 0 bridgehead atoms. The van der Waals surface area contributed by atoms with Gasteiger partial charge in [0, 0.05) is 13.1 Å². The second kappa shape index (κ2) is 7.03. The molecule has 0 fully saturated rings. The summed E-state index contributed by atoms with van der Waals surface area (Å²) in [5.41, 5.74) is -0.125. The third-order valence-corrected chi connectivity index (χ3v) is 4.74. The molecule has 2 N–H and O–H groups in total. The normalized spacial score (nSPS) is 11.8. The molecule has 0 aliphatic carbocycles. The van der Waals surface area contributed by atoms with Gasteiger partial charge in [0.05, 0.1) is 10.6 Å². The summed E-state index contributed by atoms with van der Waals surface area (Å²) < 4.78 is 26.6. The second-order valence-electron chi connectivity index (χ2n) is 4.24. The van der Waals surface area contributed by atoms with E-state index in [9.17, 15) is 13.2 Å². The topological polar surface area (TPSA) is 86.7 Å². The number of rotatable bonds is 7. The van der Waals surface area contributed by atoms with Gasteiger partial charge in [-0.2, -0.15) is 0 Å². The maximum absolute atomic E-state index is 12.1. The molecule has 0 heterocycles. The van der Waals surface area contributed by atoms with Gasteiger partial charge >= 0.3 is 5.97 Å². The molecule has 20 heavy (non-hydrogen) atoms. The number of carbonyl (C=O) groups is 1. The lowest BCUT2D eigenvalue weighted by Gasteiger charge is -2.14. The van der Waals surface area contributed by atoms with Gasteiger partial charge in [-0.3, -0.25) is 0 Å². The van der Waals surface area contributed by atoms with E-state index in [0.717, 1.165) is 12.6 Å². The zero-order chi connectivity index (χ0) is 15.3. The van der Waals surface area contributed by atoms with Gasteiger partial charge < -0.3 is 10.0 Å². The Hall–Kier alpha value is -1.15. The Morgan fingerprint density at radius 1 is 1.45 bits per heavy atom. The fraction of sp³-hybridized carbons (Fsp3) is 0.417. The second-order valence-corrected chi connectivity index (χ2v) is 6.39. The van der Waals surface area contributed by atoms with Gasteiger partial charge in [0.15, 0.2) is 0 Å². The molecule has 1 rings (SSSR count). The third kappa shape index (κ3) is 4.45. The molecule has 112 valence electrons. The summed E-state index contributed by atoms with van der Waals surface area (Å²) >= 11 is 5.83. The van der Waals surface area contributed by atoms with E-state index >= 15 is 0 Å². The quantitative estimate of drug-likeness (QED) is 0.790. The Balaban J connectivity index is 2.92. The molecule has 8 heteroatoms. The van der Waals surface area contributed by atoms with E-state index in [1.807, 2.05) is 18.9 Å². The number of nitrogens with zero attached hydrogens (tertiary/aromatic N) is 1. The molecular formula is C12H17ClN2O4S. The highest BCUT2D eigenvalue weighted by Crippen LogP contribution is 2.22. The zero-order valence-corrected chi connectivity index (χ0v) is 12.8. The number of nitrogens with one attached hydrogen (secondary N) is 1. The Labute approximate surface area is 123 Å². The maximum atomic E-state index is 12.1. The minimum Gasteiger partial charge on any atom is -0.478 e. The van der Waals surface area contributed by atoms with Crippen molar-refractivity contribution in [3.8, 4) is 0 Å². The average molecular weight is 321 g/mol. The number of sulfonamides is 1. The van der Waals surface area contributed by atoms with Gasteiger partial charge in [0.1, 0.15) is 4.90 Å². The predicted octanol–water partition coefficient (Wildman–Crippen LogP) is 1.27. The van der Waals surface area contributed by atoms with Crippen LogP contribution in [-0.2, 0) is 10.0 Å². The van der Waals surface area contributed by atoms with Crippen LogP contribution in [0.5, 0.6) is 0 Å². The van der Waals surface area contributed by atoms with E-state index in [2.05, 4.69) is 4.72 Å². The van der Waals surface area contributed by atoms with Crippen molar-refractivity contribution < 1.29 is 18.3 Å². The first-order valence-electron chi connectivity index (χ1n) is 5.99. The van der Waals surface area contributed by atoms with Crippen LogP contribution >= 0.6 is 11.6 Å². The van der Waals surface area contributed by atoms with Gasteiger partial charge in [-0.1, -0.05) is 18.5 Å². The smallest absolute Gasteiger partial charge is 0.335 e. The number of carboxylic acids is 1. The monoisotopic (exact) mass is 320 g/mol. The van der Waals surface area contributed by atoms with Crippen molar-refractivity contribution >= 4 is 27.6 Å². The molecule has 0 aliphatic heterocycles. The number of likely N-dealkylation sites (N-methyl/N-ethyl adjacent to an activating group) is 1. The van der Waals surface area contributed by atoms with Crippen molar-refractivity contribution in [3.63, 3.8) is 0 Å². The molecule has 0 aromatic heterocycles. The summed E-state index contributed by atoms with van der Waals surface area (Å²) in [5.74, 6) is -1.20. The number of hydrogen-bond acceptors (Lipinski definition) is 4. The van der Waals surface area contributed by atoms with Crippen LogP contribution in [0.25, 0.3) is 0 Å². The standard InChI is InChI=1S/C12H17ClN2O4S/c1-3-15(2)7-6-14-20(18,19)11-8-9(12(16)17)4-5-10(11)13/h4-5,8,14H,3,6-7H2,1-2H3,(H,16,17). The van der Waals surface area contributed by atoms with Gasteiger partial charge in [-0.25, -0.2) is 17.9 Å². The number of halogens is 1. The van der Waals surface area contributed by atoms with Crippen LogP contribution in [0, 0.1) is 0 Å². The van der Waals surface area contributed by atoms with Crippen molar-refractivity contribution in [3.05, 3.63) is 28.8 Å². The number of benzene rings is 1. The summed E-state index contributed by atoms with van der Waals surface area (Å²) in [6.45, 7) is 3.53. The first kappa shape index (κ1) is 16.9. The molecule has 1 aromatic rings. The summed E-state index contributed by atoms with van der Waals surface area (Å²) in [7, 11) is -1.96. The SMILES string of the molecule is CCN(C)CCNS(=O)(=O)c1cc(C(=O)O)ccc1Cl. The van der Waals surface area contributed by atoms with E-state index in [1.54, 1.807) is 0 Å². The fourth-order valence-corrected chi connectivity index (χ4v) is 2.99. The molecule has 1 aromatic carbocycles. The molecule has 0 saturated heterocycles. The van der Waals surface area contributed by atoms with Crippen molar-refractivity contribution in [1.29, 1.82) is 0 Å². The molecule has 0 spiro atoms. The minimum atomic E-state index is -3.82. The zero-order valence-electron chi connectivity index (χ0n) is 11.3. The fourth-order valence-electron chi connectivity index (χ4n) is 1.45. The Morgan fingerprint density at radius 3 is 2.65 bits per heavy atom. The van der Waals surface area contributed by atoms with Crippen LogP contribution in [-0.4, -0.2) is 51.1 Å². The molecule has 0 atom stereocenters. The van der Waals surface area contributed by atoms with E-state index in [0.29, 0.717) is 6.54 Å². The van der Waals surface area contributed by atoms with Crippen LogP contribution < -0.4 is 4.72 Å². The molecule has 0 aliphatic rings. The van der Waals surface area contributed by atoms with Gasteiger partial charge in [0.25, 0.3) is 0 Å². The molecule has 6 nitrogen and oxygen atoms in total. The summed E-state index contributed by atoms with van der Waals surface area (Å²) in [6.07, 6.45) is 0. The van der Waals surface area contributed by atoms with Crippen LogP contribution in [0.1, 0.15) is 17.3 Å². The van der Waals surface area contributed by atoms with Crippen molar-refractivity contribution in [2.75, 3.05) is 26.7 Å². The Morgan fingerprint density at radius 2 is 2.10 bits per heavy atom. The van der Waals surface area contributed by atoms with E-state index in [1.165, 1.54) is 12.1 Å². The number of aromatic carboxylic acids is 1. The predicted molar refractivity (Wildman–Crippen MR) is 76.8 cm³/mol. The van der Waals surface area contributed by atoms with Crippen molar-refractivity contribution in [1.82, 2.24) is 9.62 Å². The van der Waals surface area contributed by atoms with Gasteiger partial charge in [-0.15, -0.1) is 0 Å². The highest BCUT2D eigenvalue weighted by molar-refractivity contribution is 7.89. The van der Waals surface area contributed by atoms with E-state index in [4.69, 9.17) is 16.7 Å². The summed E-state index contributed by atoms with van der Waals surface area (Å²) in [4.78, 5) is 12.6. The first-order chi connectivity index (χ1) is 9.27. The average Bonchev–Trinajstić information content (AvgIpc) is 2.38. The molecule has 0 unspecified atom stereocenters. The highest BCUT2D eigenvalue weighted by Gasteiger charge is 2.19.